The number of hydrogen-bond donors (Lipinski definition) is 1. The fraction of sp³-hybridized carbons (Fsp3) is 0.286. The number of carbonyl (C=O) groups is 1. The molecule has 4 rings (SSSR count). The molecule has 2 aromatic carbocycles. The van der Waals surface area contributed by atoms with Crippen molar-refractivity contribution in [1.82, 2.24) is 20.3 Å². The van der Waals surface area contributed by atoms with Gasteiger partial charge in [0, 0.05) is 12.0 Å². The van der Waals surface area contributed by atoms with Crippen LogP contribution in [0.1, 0.15) is 45.3 Å². The highest BCUT2D eigenvalue weighted by molar-refractivity contribution is 5.93. The zero-order valence-electron chi connectivity index (χ0n) is 15.7. The number of para-hydroxylation sites is 1. The minimum atomic E-state index is -0.217. The third kappa shape index (κ3) is 3.30. The Kier molecular flexibility index (Phi) is 4.39. The summed E-state index contributed by atoms with van der Waals surface area (Å²) in [6.45, 7) is 6.44. The Labute approximate surface area is 158 Å². The lowest BCUT2D eigenvalue weighted by molar-refractivity contribution is 0.0918. The van der Waals surface area contributed by atoms with Gasteiger partial charge in [0.15, 0.2) is 5.69 Å². The molecule has 0 bridgehead atoms. The molecule has 0 aliphatic carbocycles. The zero-order valence-corrected chi connectivity index (χ0v) is 15.7. The first-order valence-corrected chi connectivity index (χ1v) is 9.07. The first-order valence-electron chi connectivity index (χ1n) is 9.07. The molecule has 0 spiro atoms. The Morgan fingerprint density at radius 2 is 1.96 bits per heavy atom. The van der Waals surface area contributed by atoms with Crippen molar-refractivity contribution in [3.05, 3.63) is 70.5 Å². The Bertz CT molecular complexity index is 1010. The summed E-state index contributed by atoms with van der Waals surface area (Å²) >= 11 is 0. The fourth-order valence-corrected chi connectivity index (χ4v) is 3.44. The van der Waals surface area contributed by atoms with Crippen molar-refractivity contribution in [3.8, 4) is 11.4 Å². The van der Waals surface area contributed by atoms with Crippen LogP contribution in [0.2, 0.25) is 0 Å². The molecule has 2 heterocycles. The highest BCUT2D eigenvalue weighted by atomic mass is 16.5. The average Bonchev–Trinajstić information content (AvgIpc) is 3.03. The van der Waals surface area contributed by atoms with Crippen LogP contribution in [0.3, 0.4) is 0 Å². The number of nitrogens with zero attached hydrogens (tertiary/aromatic N) is 3. The van der Waals surface area contributed by atoms with E-state index in [4.69, 9.17) is 4.74 Å². The van der Waals surface area contributed by atoms with Crippen molar-refractivity contribution in [1.29, 1.82) is 0 Å². The summed E-state index contributed by atoms with van der Waals surface area (Å²) in [5.41, 5.74) is 5.06. The summed E-state index contributed by atoms with van der Waals surface area (Å²) < 4.78 is 5.67. The summed E-state index contributed by atoms with van der Waals surface area (Å²) in [4.78, 5) is 14.4. The quantitative estimate of drug-likeness (QED) is 0.775. The second-order valence-corrected chi connectivity index (χ2v) is 6.91. The van der Waals surface area contributed by atoms with E-state index in [9.17, 15) is 4.79 Å². The van der Waals surface area contributed by atoms with E-state index in [-0.39, 0.29) is 11.9 Å². The van der Waals surface area contributed by atoms with E-state index in [1.807, 2.05) is 50.2 Å². The summed E-state index contributed by atoms with van der Waals surface area (Å²) in [6.07, 6.45) is 0.729. The third-order valence-electron chi connectivity index (χ3n) is 4.83. The van der Waals surface area contributed by atoms with E-state index in [1.54, 1.807) is 6.92 Å². The van der Waals surface area contributed by atoms with Crippen molar-refractivity contribution < 1.29 is 9.53 Å². The topological polar surface area (TPSA) is 69.0 Å². The van der Waals surface area contributed by atoms with Crippen molar-refractivity contribution in [3.63, 3.8) is 0 Å². The van der Waals surface area contributed by atoms with Crippen LogP contribution < -0.4 is 10.1 Å². The molecule has 1 amide bonds. The molecule has 27 heavy (non-hydrogen) atoms. The van der Waals surface area contributed by atoms with Crippen LogP contribution in [-0.4, -0.2) is 27.5 Å². The van der Waals surface area contributed by atoms with Crippen LogP contribution in [0.25, 0.3) is 5.69 Å². The van der Waals surface area contributed by atoms with E-state index in [0.29, 0.717) is 18.0 Å². The number of hydrogen-bond acceptors (Lipinski definition) is 4. The SMILES string of the molecule is Cc1ccc(-n2nc(C)c(C(=O)N[C@H]3CCOc4ccccc43)n2)c(C)c1. The van der Waals surface area contributed by atoms with Crippen LogP contribution in [0.4, 0.5) is 0 Å². The Balaban J connectivity index is 1.59. The van der Waals surface area contributed by atoms with E-state index in [2.05, 4.69) is 21.6 Å². The van der Waals surface area contributed by atoms with Crippen LogP contribution in [0.5, 0.6) is 5.75 Å². The Hall–Kier alpha value is -3.15. The molecular formula is C21H22N4O2. The maximum Gasteiger partial charge on any atom is 0.274 e. The molecule has 0 fully saturated rings. The highest BCUT2D eigenvalue weighted by Gasteiger charge is 2.25. The van der Waals surface area contributed by atoms with Gasteiger partial charge < -0.3 is 10.1 Å². The van der Waals surface area contributed by atoms with E-state index < -0.39 is 0 Å². The molecule has 1 N–H and O–H groups in total. The molecule has 0 saturated heterocycles. The van der Waals surface area contributed by atoms with Crippen molar-refractivity contribution in [2.75, 3.05) is 6.61 Å². The monoisotopic (exact) mass is 362 g/mol. The number of carbonyl (C=O) groups excluding carboxylic acids is 1. The molecule has 6 nitrogen and oxygen atoms in total. The first kappa shape index (κ1) is 17.3. The third-order valence-corrected chi connectivity index (χ3v) is 4.83. The summed E-state index contributed by atoms with van der Waals surface area (Å²) in [6, 6.07) is 13.8. The Morgan fingerprint density at radius 3 is 2.78 bits per heavy atom. The van der Waals surface area contributed by atoms with Gasteiger partial charge in [-0.15, -0.1) is 5.10 Å². The van der Waals surface area contributed by atoms with Crippen molar-refractivity contribution in [2.45, 2.75) is 33.2 Å². The summed E-state index contributed by atoms with van der Waals surface area (Å²) in [5.74, 6) is 0.606. The fourth-order valence-electron chi connectivity index (χ4n) is 3.44. The maximum atomic E-state index is 12.9. The summed E-state index contributed by atoms with van der Waals surface area (Å²) in [7, 11) is 0. The molecule has 0 unspecified atom stereocenters. The van der Waals surface area contributed by atoms with Gasteiger partial charge in [-0.2, -0.15) is 9.90 Å². The molecule has 1 aromatic heterocycles. The molecule has 1 atom stereocenters. The number of ether oxygens (including phenoxy) is 1. The average molecular weight is 362 g/mol. The predicted molar refractivity (Wildman–Crippen MR) is 102 cm³/mol. The zero-order chi connectivity index (χ0) is 19.0. The van der Waals surface area contributed by atoms with Gasteiger partial charge in [0.25, 0.3) is 5.91 Å². The largest absolute Gasteiger partial charge is 0.493 e. The number of rotatable bonds is 3. The van der Waals surface area contributed by atoms with E-state index in [0.717, 1.165) is 29.0 Å². The number of nitrogens with one attached hydrogen (secondary N) is 1. The molecule has 1 aliphatic rings. The molecule has 138 valence electrons. The first-order chi connectivity index (χ1) is 13.0. The lowest BCUT2D eigenvalue weighted by Gasteiger charge is -2.26. The van der Waals surface area contributed by atoms with Gasteiger partial charge in [-0.3, -0.25) is 4.79 Å². The van der Waals surface area contributed by atoms with Gasteiger partial charge >= 0.3 is 0 Å². The molecule has 0 saturated carbocycles. The minimum absolute atomic E-state index is 0.0897. The second-order valence-electron chi connectivity index (χ2n) is 6.91. The Morgan fingerprint density at radius 1 is 1.15 bits per heavy atom. The van der Waals surface area contributed by atoms with Gasteiger partial charge in [-0.1, -0.05) is 35.9 Å². The van der Waals surface area contributed by atoms with Crippen LogP contribution in [0.15, 0.2) is 42.5 Å². The molecular weight excluding hydrogens is 340 g/mol. The highest BCUT2D eigenvalue weighted by Crippen LogP contribution is 2.31. The normalized spacial score (nSPS) is 15.7. The lowest BCUT2D eigenvalue weighted by atomic mass is 10.0. The van der Waals surface area contributed by atoms with E-state index >= 15 is 0 Å². The number of amides is 1. The van der Waals surface area contributed by atoms with Gasteiger partial charge in [-0.05, 0) is 38.5 Å². The smallest absolute Gasteiger partial charge is 0.274 e. The number of aromatic nitrogens is 3. The van der Waals surface area contributed by atoms with Gasteiger partial charge in [0.05, 0.1) is 24.0 Å². The number of aryl methyl sites for hydroxylation is 3. The summed E-state index contributed by atoms with van der Waals surface area (Å²) in [5, 5.41) is 12.0. The van der Waals surface area contributed by atoms with Gasteiger partial charge in [-0.25, -0.2) is 0 Å². The van der Waals surface area contributed by atoms with Crippen molar-refractivity contribution >= 4 is 5.91 Å². The molecule has 1 aliphatic heterocycles. The maximum absolute atomic E-state index is 12.9. The van der Waals surface area contributed by atoms with Crippen LogP contribution in [-0.2, 0) is 0 Å². The van der Waals surface area contributed by atoms with Crippen molar-refractivity contribution in [2.24, 2.45) is 0 Å². The second kappa shape index (κ2) is 6.87. The lowest BCUT2D eigenvalue weighted by Crippen LogP contribution is -2.32. The molecule has 6 heteroatoms. The standard InChI is InChI=1S/C21H22N4O2/c1-13-8-9-18(14(2)12-13)25-23-15(3)20(24-25)21(26)22-17-10-11-27-19-7-5-4-6-16(17)19/h4-9,12,17H,10-11H2,1-3H3,(H,22,26)/t17-/m0/s1. The van der Waals surface area contributed by atoms with Crippen LogP contribution >= 0.6 is 0 Å². The van der Waals surface area contributed by atoms with Gasteiger partial charge in [0.1, 0.15) is 5.75 Å². The predicted octanol–water partition coefficient (Wildman–Crippen LogP) is 3.45. The number of benzene rings is 2. The van der Waals surface area contributed by atoms with Gasteiger partial charge in [0.2, 0.25) is 0 Å². The number of fused-ring (bicyclic) bond motifs is 1. The molecule has 0 radical (unpaired) electrons. The van der Waals surface area contributed by atoms with Crippen LogP contribution in [0, 0.1) is 20.8 Å². The molecule has 3 aromatic rings. The van der Waals surface area contributed by atoms with E-state index in [1.165, 1.54) is 10.4 Å². The minimum Gasteiger partial charge on any atom is -0.493 e.